The normalized spacial score (nSPS) is 11.8. The topological polar surface area (TPSA) is 119 Å². The highest BCUT2D eigenvalue weighted by atomic mass is 16.3. The van der Waals surface area contributed by atoms with Gasteiger partial charge in [0.25, 0.3) is 0 Å². The van der Waals surface area contributed by atoms with Crippen LogP contribution in [0.25, 0.3) is 282 Å². The lowest BCUT2D eigenvalue weighted by Gasteiger charge is -2.15. The molecule has 11 nitrogen and oxygen atoms in total. The molecule has 11 heteroatoms. The minimum absolute atomic E-state index is 0.664. The fourth-order valence-electron chi connectivity index (χ4n) is 21.9. The van der Waals surface area contributed by atoms with Crippen LogP contribution in [-0.4, -0.2) is 38.6 Å². The van der Waals surface area contributed by atoms with Gasteiger partial charge in [0.15, 0.2) is 11.6 Å². The summed E-state index contributed by atoms with van der Waals surface area (Å²) in [7, 11) is 0. The van der Waals surface area contributed by atoms with Gasteiger partial charge in [0.2, 0.25) is 0 Å². The average molecular weight is 1840 g/mol. The molecule has 0 amide bonds. The Labute approximate surface area is 825 Å². The van der Waals surface area contributed by atoms with Crippen molar-refractivity contribution in [2.75, 3.05) is 0 Å². The maximum Gasteiger partial charge on any atom is 0.162 e. The SMILES string of the molecule is c1ccc(-c2cc(-c3cc4c5ccccc5oc4c4c5ccc6ccccc6c5n(-c5ccccc5)c34)nc(-c3ccccc3)n2)cc1.c1ccc(-c2cc(-c3ccccc3)nc(-c3cc4c5ccccc5oc4c4c5ccc6ccccc6c5n(-c5ccccc5)c34)c2)cc1.c1ccc(-c2cc(-c3ccccc3)nc(-c3cc4c5ccccc5oc4c4c5ccc6ccccc6c5n(-c5ccccc5)c34)n2)cc1. The molecule has 0 saturated heterocycles. The van der Waals surface area contributed by atoms with Gasteiger partial charge in [-0.2, -0.15) is 0 Å². The van der Waals surface area contributed by atoms with Gasteiger partial charge in [-0.15, -0.1) is 0 Å². The summed E-state index contributed by atoms with van der Waals surface area (Å²) in [6.45, 7) is 0. The first-order chi connectivity index (χ1) is 71.4. The van der Waals surface area contributed by atoms with Crippen molar-refractivity contribution in [2.45, 2.75) is 0 Å². The van der Waals surface area contributed by atoms with Crippen LogP contribution in [0.3, 0.4) is 0 Å². The van der Waals surface area contributed by atoms with E-state index in [1.54, 1.807) is 0 Å². The third kappa shape index (κ3) is 13.8. The molecule has 30 rings (SSSR count). The summed E-state index contributed by atoms with van der Waals surface area (Å²) in [6, 6.07) is 174. The Balaban J connectivity index is 0.000000105. The zero-order chi connectivity index (χ0) is 94.8. The molecule has 0 bridgehead atoms. The summed E-state index contributed by atoms with van der Waals surface area (Å²) in [5.74, 6) is 1.35. The Hall–Kier alpha value is -19.5. The van der Waals surface area contributed by atoms with Crippen molar-refractivity contribution in [3.63, 3.8) is 0 Å². The second-order valence-corrected chi connectivity index (χ2v) is 36.7. The first-order valence-corrected chi connectivity index (χ1v) is 48.7. The third-order valence-corrected chi connectivity index (χ3v) is 28.3. The Morgan fingerprint density at radius 2 is 0.410 bits per heavy atom. The van der Waals surface area contributed by atoms with Crippen LogP contribution in [-0.2, 0) is 0 Å². The molecule has 21 aromatic carbocycles. The zero-order valence-electron chi connectivity index (χ0n) is 77.6. The Bertz CT molecular complexity index is 9210. The van der Waals surface area contributed by atoms with Crippen molar-refractivity contribution in [1.82, 2.24) is 38.6 Å². The molecule has 0 saturated carbocycles. The maximum atomic E-state index is 6.78. The summed E-state index contributed by atoms with van der Waals surface area (Å²) in [5, 5.41) is 20.2. The first kappa shape index (κ1) is 82.7. The molecule has 9 aromatic heterocycles. The molecule has 0 N–H and O–H groups in total. The number of para-hydroxylation sites is 6. The van der Waals surface area contributed by atoms with Crippen molar-refractivity contribution in [1.29, 1.82) is 0 Å². The van der Waals surface area contributed by atoms with E-state index < -0.39 is 0 Å². The van der Waals surface area contributed by atoms with Gasteiger partial charge >= 0.3 is 0 Å². The molecular weight excluding hydrogens is 1760 g/mol. The number of hydrogen-bond donors (Lipinski definition) is 0. The molecule has 0 radical (unpaired) electrons. The fraction of sp³-hybridized carbons (Fsp3) is 0. The average Bonchev–Trinajstić information content (AvgIpc) is 1.54. The monoisotopic (exact) mass is 1840 g/mol. The third-order valence-electron chi connectivity index (χ3n) is 28.3. The van der Waals surface area contributed by atoms with E-state index in [-0.39, 0.29) is 0 Å². The standard InChI is InChI=1S/C45H28N2O.2C44H27N3O/c1-4-14-29(15-5-1)32-26-39(31-17-6-2-7-18-31)46-40(27-32)38-28-37-35-22-12-13-23-41(35)48-45(37)42-36-25-24-30-16-10-11-21-34(30)43(36)47(44(38)42)33-19-8-3-9-20-33;1-4-15-29(16-5-1)37-27-38(46-44(45-37)30-17-6-2-7-18-30)36-26-35-33-22-12-13-23-39(33)48-43(35)40-34-25-24-28-14-10-11-21-32(28)41(34)47(42(36)40)31-19-8-3-9-20-31;1-4-15-29(16-5-1)37-27-38(30-17-6-2-7-18-30)46-44(45-37)36-26-35-33-22-12-13-23-39(33)48-43(35)40-34-25-24-28-14-10-11-21-32(28)41(34)47(42(36)40)31-19-8-3-9-20-31/h1-28H;2*1-27H. The Morgan fingerprint density at radius 3 is 0.771 bits per heavy atom. The molecule has 144 heavy (non-hydrogen) atoms. The molecule has 30 aromatic rings. The first-order valence-electron chi connectivity index (χ1n) is 48.7. The maximum absolute atomic E-state index is 6.78. The van der Waals surface area contributed by atoms with Gasteiger partial charge in [-0.1, -0.05) is 400 Å². The molecule has 672 valence electrons. The Kier molecular flexibility index (Phi) is 19.7. The molecule has 0 aliphatic rings. The second kappa shape index (κ2) is 34.3. The summed E-state index contributed by atoms with van der Waals surface area (Å²) in [5.41, 5.74) is 30.8. The van der Waals surface area contributed by atoms with E-state index in [9.17, 15) is 0 Å². The van der Waals surface area contributed by atoms with E-state index in [0.717, 1.165) is 238 Å². The molecule has 9 heterocycles. The highest BCUT2D eigenvalue weighted by Gasteiger charge is 2.31. The Morgan fingerprint density at radius 1 is 0.153 bits per heavy atom. The van der Waals surface area contributed by atoms with Crippen LogP contribution in [0, 0.1) is 0 Å². The quantitative estimate of drug-likeness (QED) is 0.119. The van der Waals surface area contributed by atoms with E-state index in [4.69, 9.17) is 38.2 Å². The van der Waals surface area contributed by atoms with E-state index in [0.29, 0.717) is 11.6 Å². The number of hydrogen-bond acceptors (Lipinski definition) is 8. The van der Waals surface area contributed by atoms with E-state index in [2.05, 4.69) is 450 Å². The van der Waals surface area contributed by atoms with E-state index in [1.807, 2.05) is 60.7 Å². The van der Waals surface area contributed by atoms with Gasteiger partial charge in [0, 0.05) is 126 Å². The van der Waals surface area contributed by atoms with Gasteiger partial charge in [0.05, 0.1) is 83.4 Å². The minimum Gasteiger partial charge on any atom is -0.455 e. The van der Waals surface area contributed by atoms with E-state index >= 15 is 0 Å². The van der Waals surface area contributed by atoms with Gasteiger partial charge < -0.3 is 27.0 Å². The van der Waals surface area contributed by atoms with Gasteiger partial charge in [-0.3, -0.25) is 0 Å². The number of benzene rings is 21. The van der Waals surface area contributed by atoms with Crippen LogP contribution in [0.5, 0.6) is 0 Å². The number of pyridine rings is 1. The summed E-state index contributed by atoms with van der Waals surface area (Å²) >= 11 is 0. The van der Waals surface area contributed by atoms with Gasteiger partial charge in [0.1, 0.15) is 33.5 Å². The summed E-state index contributed by atoms with van der Waals surface area (Å²) in [6.07, 6.45) is 0. The minimum atomic E-state index is 0.664. The molecular formula is C133H82N8O3. The van der Waals surface area contributed by atoms with Crippen molar-refractivity contribution >= 4 is 164 Å². The number of nitrogens with zero attached hydrogens (tertiary/aromatic N) is 8. The van der Waals surface area contributed by atoms with Crippen LogP contribution in [0.15, 0.2) is 511 Å². The zero-order valence-corrected chi connectivity index (χ0v) is 77.6. The predicted molar refractivity (Wildman–Crippen MR) is 595 cm³/mol. The van der Waals surface area contributed by atoms with Crippen LogP contribution in [0.1, 0.15) is 0 Å². The number of furan rings is 3. The van der Waals surface area contributed by atoms with Crippen molar-refractivity contribution < 1.29 is 13.3 Å². The summed E-state index contributed by atoms with van der Waals surface area (Å²) in [4.78, 5) is 26.6. The van der Waals surface area contributed by atoms with Gasteiger partial charge in [-0.25, -0.2) is 24.9 Å². The lowest BCUT2D eigenvalue weighted by Crippen LogP contribution is -2.00. The lowest BCUT2D eigenvalue weighted by atomic mass is 9.97. The van der Waals surface area contributed by atoms with Crippen molar-refractivity contribution in [3.05, 3.63) is 497 Å². The molecule has 0 aliphatic carbocycles. The van der Waals surface area contributed by atoms with Crippen LogP contribution in [0.4, 0.5) is 0 Å². The number of fused-ring (bicyclic) bond motifs is 27. The number of aromatic nitrogens is 8. The molecule has 0 spiro atoms. The largest absolute Gasteiger partial charge is 0.455 e. The van der Waals surface area contributed by atoms with Crippen LogP contribution >= 0.6 is 0 Å². The predicted octanol–water partition coefficient (Wildman–Crippen LogP) is 35.5. The van der Waals surface area contributed by atoms with Gasteiger partial charge in [-0.05, 0) is 124 Å². The number of rotatable bonds is 12. The molecule has 0 unspecified atom stereocenters. The molecule has 0 atom stereocenters. The van der Waals surface area contributed by atoms with E-state index in [1.165, 1.54) is 32.3 Å². The smallest absolute Gasteiger partial charge is 0.162 e. The van der Waals surface area contributed by atoms with Crippen LogP contribution in [0.2, 0.25) is 0 Å². The highest BCUT2D eigenvalue weighted by molar-refractivity contribution is 6.34. The highest BCUT2D eigenvalue weighted by Crippen LogP contribution is 2.53. The lowest BCUT2D eigenvalue weighted by molar-refractivity contribution is 0.672. The molecule has 0 aliphatic heterocycles. The summed E-state index contributed by atoms with van der Waals surface area (Å²) < 4.78 is 27.5. The molecule has 0 fully saturated rings. The second-order valence-electron chi connectivity index (χ2n) is 36.7. The van der Waals surface area contributed by atoms with Crippen molar-refractivity contribution in [2.24, 2.45) is 0 Å². The van der Waals surface area contributed by atoms with Crippen molar-refractivity contribution in [3.8, 4) is 119 Å². The fourth-order valence-corrected chi connectivity index (χ4v) is 21.9. The van der Waals surface area contributed by atoms with Crippen LogP contribution < -0.4 is 0 Å².